The summed E-state index contributed by atoms with van der Waals surface area (Å²) in [6.45, 7) is 1.84. The SMILES string of the molecule is C[C@@H]1C[C@@H](NC(=O)c2nnc(-c3cccc(C(F)(F)F)c3)o2)CN1C(=O)O. The molecule has 0 unspecified atom stereocenters. The summed E-state index contributed by atoms with van der Waals surface area (Å²) in [4.78, 5) is 24.5. The molecule has 0 bridgehead atoms. The van der Waals surface area contributed by atoms with Gasteiger partial charge < -0.3 is 19.7 Å². The van der Waals surface area contributed by atoms with Crippen LogP contribution in [0, 0.1) is 0 Å². The fraction of sp³-hybridized carbons (Fsp3) is 0.375. The van der Waals surface area contributed by atoms with Gasteiger partial charge in [-0.3, -0.25) is 4.79 Å². The van der Waals surface area contributed by atoms with Gasteiger partial charge in [-0.25, -0.2) is 4.79 Å². The monoisotopic (exact) mass is 384 g/mol. The van der Waals surface area contributed by atoms with Crippen molar-refractivity contribution < 1.29 is 32.3 Å². The molecule has 27 heavy (non-hydrogen) atoms. The van der Waals surface area contributed by atoms with E-state index in [1.54, 1.807) is 6.92 Å². The molecule has 1 saturated heterocycles. The quantitative estimate of drug-likeness (QED) is 0.842. The van der Waals surface area contributed by atoms with Gasteiger partial charge in [0.1, 0.15) is 0 Å². The molecule has 1 aliphatic heterocycles. The molecule has 0 spiro atoms. The number of carbonyl (C=O) groups excluding carboxylic acids is 1. The van der Waals surface area contributed by atoms with Crippen molar-refractivity contribution in [2.75, 3.05) is 6.54 Å². The van der Waals surface area contributed by atoms with E-state index in [1.165, 1.54) is 17.0 Å². The van der Waals surface area contributed by atoms with Crippen LogP contribution < -0.4 is 5.32 Å². The van der Waals surface area contributed by atoms with Crippen molar-refractivity contribution in [1.29, 1.82) is 0 Å². The molecule has 3 rings (SSSR count). The fourth-order valence-corrected chi connectivity index (χ4v) is 2.91. The van der Waals surface area contributed by atoms with Crippen LogP contribution in [0.25, 0.3) is 11.5 Å². The molecule has 1 aliphatic rings. The summed E-state index contributed by atoms with van der Waals surface area (Å²) < 4.78 is 43.5. The van der Waals surface area contributed by atoms with E-state index in [1.807, 2.05) is 0 Å². The average molecular weight is 384 g/mol. The van der Waals surface area contributed by atoms with Gasteiger partial charge >= 0.3 is 24.1 Å². The van der Waals surface area contributed by atoms with E-state index in [9.17, 15) is 22.8 Å². The van der Waals surface area contributed by atoms with Gasteiger partial charge in [0.25, 0.3) is 0 Å². The molecule has 1 aromatic carbocycles. The number of rotatable bonds is 3. The molecule has 2 amide bonds. The maximum Gasteiger partial charge on any atom is 0.416 e. The lowest BCUT2D eigenvalue weighted by Crippen LogP contribution is -2.38. The van der Waals surface area contributed by atoms with Gasteiger partial charge in [0.15, 0.2) is 0 Å². The minimum atomic E-state index is -4.52. The molecule has 11 heteroatoms. The third-order valence-electron chi connectivity index (χ3n) is 4.21. The van der Waals surface area contributed by atoms with Crippen LogP contribution in [0.2, 0.25) is 0 Å². The average Bonchev–Trinajstić information content (AvgIpc) is 3.21. The minimum absolute atomic E-state index is 0.0305. The molecule has 2 heterocycles. The van der Waals surface area contributed by atoms with Crippen molar-refractivity contribution in [3.05, 3.63) is 35.7 Å². The molecule has 2 N–H and O–H groups in total. The number of alkyl halides is 3. The van der Waals surface area contributed by atoms with Crippen LogP contribution in [0.4, 0.5) is 18.0 Å². The normalized spacial score (nSPS) is 19.9. The topological polar surface area (TPSA) is 109 Å². The predicted molar refractivity (Wildman–Crippen MR) is 84.8 cm³/mol. The second kappa shape index (κ2) is 6.89. The highest BCUT2D eigenvalue weighted by Crippen LogP contribution is 2.31. The van der Waals surface area contributed by atoms with Crippen molar-refractivity contribution in [1.82, 2.24) is 20.4 Å². The molecule has 144 valence electrons. The summed E-state index contributed by atoms with van der Waals surface area (Å²) in [7, 11) is 0. The number of hydrogen-bond donors (Lipinski definition) is 2. The van der Waals surface area contributed by atoms with Gasteiger partial charge in [-0.15, -0.1) is 10.2 Å². The Morgan fingerprint density at radius 1 is 1.33 bits per heavy atom. The maximum absolute atomic E-state index is 12.8. The van der Waals surface area contributed by atoms with Crippen LogP contribution >= 0.6 is 0 Å². The zero-order valence-corrected chi connectivity index (χ0v) is 14.0. The van der Waals surface area contributed by atoms with Crippen molar-refractivity contribution in [2.24, 2.45) is 0 Å². The zero-order chi connectivity index (χ0) is 19.8. The molecule has 0 radical (unpaired) electrons. The summed E-state index contributed by atoms with van der Waals surface area (Å²) in [5, 5.41) is 18.8. The number of likely N-dealkylation sites (tertiary alicyclic amines) is 1. The highest BCUT2D eigenvalue weighted by molar-refractivity contribution is 5.90. The van der Waals surface area contributed by atoms with Crippen LogP contribution in [0.3, 0.4) is 0 Å². The lowest BCUT2D eigenvalue weighted by Gasteiger charge is -2.16. The molecule has 1 fully saturated rings. The Hall–Kier alpha value is -3.11. The largest absolute Gasteiger partial charge is 0.465 e. The van der Waals surface area contributed by atoms with Crippen LogP contribution in [0.15, 0.2) is 28.7 Å². The lowest BCUT2D eigenvalue weighted by atomic mass is 10.1. The van der Waals surface area contributed by atoms with E-state index < -0.39 is 35.7 Å². The van der Waals surface area contributed by atoms with E-state index in [0.29, 0.717) is 6.42 Å². The van der Waals surface area contributed by atoms with Gasteiger partial charge in [0.05, 0.1) is 5.56 Å². The second-order valence-corrected chi connectivity index (χ2v) is 6.18. The van der Waals surface area contributed by atoms with Gasteiger partial charge in [0, 0.05) is 24.2 Å². The second-order valence-electron chi connectivity index (χ2n) is 6.18. The Labute approximate surface area is 151 Å². The van der Waals surface area contributed by atoms with E-state index in [2.05, 4.69) is 15.5 Å². The number of amides is 2. The maximum atomic E-state index is 12.8. The summed E-state index contributed by atoms with van der Waals surface area (Å²) in [5.41, 5.74) is -0.846. The van der Waals surface area contributed by atoms with Crippen molar-refractivity contribution >= 4 is 12.0 Å². The highest BCUT2D eigenvalue weighted by Gasteiger charge is 2.34. The van der Waals surface area contributed by atoms with Crippen LogP contribution in [0.1, 0.15) is 29.6 Å². The highest BCUT2D eigenvalue weighted by atomic mass is 19.4. The molecule has 2 aromatic rings. The summed E-state index contributed by atoms with van der Waals surface area (Å²) in [5.74, 6) is -1.35. The van der Waals surface area contributed by atoms with Gasteiger partial charge in [0.2, 0.25) is 5.89 Å². The standard InChI is InChI=1S/C16H15F3N4O4/c1-8-5-11(7-23(8)15(25)26)20-12(24)14-22-21-13(27-14)9-3-2-4-10(6-9)16(17,18)19/h2-4,6,8,11H,5,7H2,1H3,(H,20,24)(H,25,26)/t8-,11-/m1/s1. The molecular formula is C16H15F3N4O4. The Balaban J connectivity index is 1.71. The first-order chi connectivity index (χ1) is 12.6. The number of carboxylic acid groups (broad SMARTS) is 1. The van der Waals surface area contributed by atoms with Crippen LogP contribution in [-0.4, -0.2) is 50.8 Å². The fourth-order valence-electron chi connectivity index (χ4n) is 2.91. The number of hydrogen-bond acceptors (Lipinski definition) is 5. The molecule has 2 atom stereocenters. The van der Waals surface area contributed by atoms with Crippen molar-refractivity contribution in [3.63, 3.8) is 0 Å². The molecule has 1 aromatic heterocycles. The van der Waals surface area contributed by atoms with Gasteiger partial charge in [-0.2, -0.15) is 13.2 Å². The number of halogens is 3. The number of benzene rings is 1. The van der Waals surface area contributed by atoms with E-state index in [0.717, 1.165) is 12.1 Å². The molecular weight excluding hydrogens is 369 g/mol. The number of carbonyl (C=O) groups is 2. The summed E-state index contributed by atoms with van der Waals surface area (Å²) in [6, 6.07) is 3.63. The number of aromatic nitrogens is 2. The van der Waals surface area contributed by atoms with E-state index in [-0.39, 0.29) is 24.0 Å². The first kappa shape index (κ1) is 18.7. The Morgan fingerprint density at radius 2 is 2.07 bits per heavy atom. The van der Waals surface area contributed by atoms with Crippen molar-refractivity contribution in [3.8, 4) is 11.5 Å². The molecule has 0 saturated carbocycles. The predicted octanol–water partition coefficient (Wildman–Crippen LogP) is 2.63. The smallest absolute Gasteiger partial charge is 0.416 e. The lowest BCUT2D eigenvalue weighted by molar-refractivity contribution is -0.137. The third-order valence-corrected chi connectivity index (χ3v) is 4.21. The van der Waals surface area contributed by atoms with Crippen LogP contribution in [0.5, 0.6) is 0 Å². The van der Waals surface area contributed by atoms with Crippen molar-refractivity contribution in [2.45, 2.75) is 31.6 Å². The minimum Gasteiger partial charge on any atom is -0.465 e. The van der Waals surface area contributed by atoms with Crippen LogP contribution in [-0.2, 0) is 6.18 Å². The Kier molecular flexibility index (Phi) is 4.77. The summed E-state index contributed by atoms with van der Waals surface area (Å²) >= 11 is 0. The Morgan fingerprint density at radius 3 is 2.70 bits per heavy atom. The number of nitrogens with one attached hydrogen (secondary N) is 1. The first-order valence-corrected chi connectivity index (χ1v) is 7.96. The first-order valence-electron chi connectivity index (χ1n) is 7.96. The number of nitrogens with zero attached hydrogens (tertiary/aromatic N) is 3. The van der Waals surface area contributed by atoms with E-state index in [4.69, 9.17) is 9.52 Å². The third kappa shape index (κ3) is 4.01. The molecule has 0 aliphatic carbocycles. The van der Waals surface area contributed by atoms with E-state index >= 15 is 0 Å². The molecule has 8 nitrogen and oxygen atoms in total. The zero-order valence-electron chi connectivity index (χ0n) is 14.0. The Bertz CT molecular complexity index is 867. The van der Waals surface area contributed by atoms with Gasteiger partial charge in [-0.05, 0) is 31.5 Å². The summed E-state index contributed by atoms with van der Waals surface area (Å²) in [6.07, 6.45) is -5.18. The van der Waals surface area contributed by atoms with Gasteiger partial charge in [-0.1, -0.05) is 6.07 Å².